The van der Waals surface area contributed by atoms with Gasteiger partial charge in [-0.15, -0.1) is 0 Å². The van der Waals surface area contributed by atoms with E-state index in [-0.39, 0.29) is 10.8 Å². The van der Waals surface area contributed by atoms with Gasteiger partial charge in [-0.25, -0.2) is 0 Å². The molecule has 2 aliphatic heterocycles. The minimum absolute atomic E-state index is 0.0874. The molecule has 6 heteroatoms. The molecule has 0 unspecified atom stereocenters. The van der Waals surface area contributed by atoms with Crippen LogP contribution in [0.2, 0.25) is 0 Å². The van der Waals surface area contributed by atoms with E-state index in [0.717, 1.165) is 73.6 Å². The van der Waals surface area contributed by atoms with E-state index in [9.17, 15) is 0 Å². The van der Waals surface area contributed by atoms with Crippen molar-refractivity contribution in [3.8, 4) is 113 Å². The Hall–Kier alpha value is -15.2. The molecular weight excluding hydrogens is 1490 g/mol. The van der Waals surface area contributed by atoms with E-state index in [4.69, 9.17) is 18.9 Å². The van der Waals surface area contributed by atoms with Crippen LogP contribution in [0.3, 0.4) is 0 Å². The van der Waals surface area contributed by atoms with Gasteiger partial charge < -0.3 is 28.7 Å². The molecule has 24 rings (SSSR count). The van der Waals surface area contributed by atoms with E-state index >= 15 is 0 Å². The summed E-state index contributed by atoms with van der Waals surface area (Å²) in [4.78, 5) is 4.78. The molecule has 580 valence electrons. The average Bonchev–Trinajstić information content (AvgIpc) is 1.54. The van der Waals surface area contributed by atoms with E-state index in [1.54, 1.807) is 0 Å². The van der Waals surface area contributed by atoms with Crippen molar-refractivity contribution in [2.24, 2.45) is 0 Å². The summed E-state index contributed by atoms with van der Waals surface area (Å²) in [7, 11) is 0. The minimum Gasteiger partial charge on any atom is -0.450 e. The van der Waals surface area contributed by atoms with Crippen LogP contribution in [-0.4, -0.2) is 0 Å². The number of rotatable bonds is 12. The number of anilines is 6. The molecule has 0 amide bonds. The molecule has 0 aromatic heterocycles. The quantitative estimate of drug-likeness (QED) is 0.121. The van der Waals surface area contributed by atoms with Gasteiger partial charge >= 0.3 is 0 Å². The maximum absolute atomic E-state index is 6.55. The molecule has 0 saturated heterocycles. The van der Waals surface area contributed by atoms with Crippen LogP contribution in [0.5, 0.6) is 46.0 Å². The highest BCUT2D eigenvalue weighted by Gasteiger charge is 2.49. The molecule has 6 nitrogen and oxygen atoms in total. The van der Waals surface area contributed by atoms with Crippen LogP contribution in [0.15, 0.2) is 425 Å². The molecule has 18 aromatic rings. The van der Waals surface area contributed by atoms with Crippen molar-refractivity contribution in [3.63, 3.8) is 0 Å². The first kappa shape index (κ1) is 72.0. The Morgan fingerprint density at radius 3 is 0.770 bits per heavy atom. The summed E-state index contributed by atoms with van der Waals surface area (Å²) >= 11 is 0. The SMILES string of the molecule is CC1(C)c2ccccc2-c2ccc(N(c3ccc(-c4ccccc4)cc3)c3ccc(C4(c5ccc6c(c5)Oc5ccccc5O6)c5ccccc5-c5ccccc54)cc3)cc21.CC1(C)c2ccccc2-c2ccc(N(c3ccccc3)c3ccc(-c4ccc(C5(c6ccc7c(c6)Oc6ccccc6O7)c6ccccc6-c6ccccc65)cc4)cc3)cc21. The first-order valence-electron chi connectivity index (χ1n) is 42.2. The van der Waals surface area contributed by atoms with Gasteiger partial charge in [-0.1, -0.05) is 331 Å². The molecule has 122 heavy (non-hydrogen) atoms. The van der Waals surface area contributed by atoms with Crippen LogP contribution < -0.4 is 28.7 Å². The van der Waals surface area contributed by atoms with Gasteiger partial charge in [-0.05, 0) is 255 Å². The van der Waals surface area contributed by atoms with Crippen molar-refractivity contribution in [1.82, 2.24) is 0 Å². The predicted molar refractivity (Wildman–Crippen MR) is 496 cm³/mol. The van der Waals surface area contributed by atoms with Gasteiger partial charge in [-0.3, -0.25) is 0 Å². The maximum atomic E-state index is 6.55. The van der Waals surface area contributed by atoms with Crippen molar-refractivity contribution in [3.05, 3.63) is 491 Å². The lowest BCUT2D eigenvalue weighted by Crippen LogP contribution is -2.28. The predicted octanol–water partition coefficient (Wildman–Crippen LogP) is 30.8. The van der Waals surface area contributed by atoms with Crippen LogP contribution in [-0.2, 0) is 21.7 Å². The van der Waals surface area contributed by atoms with Crippen LogP contribution >= 0.6 is 0 Å². The monoisotopic (exact) mass is 1570 g/mol. The molecule has 0 N–H and O–H groups in total. The lowest BCUT2D eigenvalue weighted by atomic mass is 9.67. The topological polar surface area (TPSA) is 43.4 Å². The second-order valence-corrected chi connectivity index (χ2v) is 33.7. The summed E-state index contributed by atoms with van der Waals surface area (Å²) in [5.41, 5.74) is 35.3. The molecule has 2 heterocycles. The number of benzene rings is 18. The number of para-hydroxylation sites is 5. The van der Waals surface area contributed by atoms with Gasteiger partial charge in [0.15, 0.2) is 46.0 Å². The van der Waals surface area contributed by atoms with E-state index in [0.29, 0.717) is 28.7 Å². The number of hydrogen-bond acceptors (Lipinski definition) is 6. The van der Waals surface area contributed by atoms with Crippen molar-refractivity contribution in [2.75, 3.05) is 9.80 Å². The molecule has 6 aliphatic rings. The number of ether oxygens (including phenoxy) is 4. The van der Waals surface area contributed by atoms with Crippen LogP contribution in [0.4, 0.5) is 34.1 Å². The molecule has 0 spiro atoms. The zero-order chi connectivity index (χ0) is 81.4. The van der Waals surface area contributed by atoms with Crippen molar-refractivity contribution in [2.45, 2.75) is 49.4 Å². The normalized spacial score (nSPS) is 14.3. The fourth-order valence-corrected chi connectivity index (χ4v) is 20.7. The summed E-state index contributed by atoms with van der Waals surface area (Å²) in [6.45, 7) is 9.39. The van der Waals surface area contributed by atoms with Gasteiger partial charge in [-0.2, -0.15) is 0 Å². The van der Waals surface area contributed by atoms with E-state index in [1.165, 1.54) is 111 Å². The Kier molecular flexibility index (Phi) is 16.7. The van der Waals surface area contributed by atoms with E-state index in [2.05, 4.69) is 414 Å². The van der Waals surface area contributed by atoms with Crippen LogP contribution in [0.1, 0.15) is 94.5 Å². The Morgan fingerprint density at radius 1 is 0.164 bits per heavy atom. The highest BCUT2D eigenvalue weighted by atomic mass is 16.6. The number of hydrogen-bond donors (Lipinski definition) is 0. The molecule has 18 aromatic carbocycles. The first-order valence-corrected chi connectivity index (χ1v) is 42.2. The Morgan fingerprint density at radius 2 is 0.402 bits per heavy atom. The Bertz CT molecular complexity index is 7100. The van der Waals surface area contributed by atoms with Crippen molar-refractivity contribution < 1.29 is 18.9 Å². The van der Waals surface area contributed by atoms with E-state index in [1.807, 2.05) is 48.5 Å². The summed E-state index contributed by atoms with van der Waals surface area (Å²) in [5.74, 6) is 5.73. The summed E-state index contributed by atoms with van der Waals surface area (Å²) in [6, 6.07) is 153. The largest absolute Gasteiger partial charge is 0.450 e. The second kappa shape index (κ2) is 28.2. The van der Waals surface area contributed by atoms with Gasteiger partial charge in [0.25, 0.3) is 0 Å². The third-order valence-corrected chi connectivity index (χ3v) is 26.5. The van der Waals surface area contributed by atoms with Gasteiger partial charge in [0.05, 0.1) is 10.8 Å². The zero-order valence-electron chi connectivity index (χ0n) is 67.9. The molecule has 4 aliphatic carbocycles. The first-order chi connectivity index (χ1) is 60.0. The minimum atomic E-state index is -0.618. The third kappa shape index (κ3) is 11.2. The average molecular weight is 1570 g/mol. The summed E-state index contributed by atoms with van der Waals surface area (Å²) < 4.78 is 25.7. The molecule has 0 fully saturated rings. The Balaban J connectivity index is 0.000000142. The maximum Gasteiger partial charge on any atom is 0.170 e. The molecule has 0 radical (unpaired) electrons. The van der Waals surface area contributed by atoms with Gasteiger partial charge in [0.1, 0.15) is 0 Å². The molecule has 0 bridgehead atoms. The lowest BCUT2D eigenvalue weighted by molar-refractivity contribution is 0.359. The fraction of sp³-hybridized carbons (Fsp3) is 0.0690. The highest BCUT2D eigenvalue weighted by Crippen LogP contribution is 2.62. The highest BCUT2D eigenvalue weighted by molar-refractivity contribution is 5.92. The second-order valence-electron chi connectivity index (χ2n) is 33.7. The van der Waals surface area contributed by atoms with Crippen molar-refractivity contribution in [1.29, 1.82) is 0 Å². The fourth-order valence-electron chi connectivity index (χ4n) is 20.7. The lowest BCUT2D eigenvalue weighted by Gasteiger charge is -2.35. The number of nitrogens with zero attached hydrogens (tertiary/aromatic N) is 2. The van der Waals surface area contributed by atoms with Gasteiger partial charge in [0.2, 0.25) is 0 Å². The van der Waals surface area contributed by atoms with Crippen LogP contribution in [0.25, 0.3) is 66.8 Å². The smallest absolute Gasteiger partial charge is 0.170 e. The van der Waals surface area contributed by atoms with Crippen molar-refractivity contribution >= 4 is 34.1 Å². The zero-order valence-corrected chi connectivity index (χ0v) is 67.9. The van der Waals surface area contributed by atoms with Crippen LogP contribution in [0, 0.1) is 0 Å². The van der Waals surface area contributed by atoms with E-state index < -0.39 is 10.8 Å². The summed E-state index contributed by atoms with van der Waals surface area (Å²) in [5, 5.41) is 0. The Labute approximate surface area is 711 Å². The molecular formula is C116H82N2O4. The third-order valence-electron chi connectivity index (χ3n) is 26.5. The standard InChI is InChI=1S/2C58H41NO2/c1-57(2)49-19-9-6-16-45(49)48-34-33-44(37-52(48)57)59(42-29-24-39(25-30-42)38-14-4-3-5-15-38)43-31-26-40(27-32-43)58(50-20-10-7-17-46(50)47-18-8-11-21-51(47)58)41-28-35-55-56(36-41)61-54-23-13-12-22-53(54)60-55;1-57(2)49-19-9-6-16-45(49)48-34-33-44(37-52(48)57)59(42-14-4-3-5-15-42)43-31-26-39(27-32-43)38-24-28-40(29-25-38)58(50-20-10-7-17-46(50)47-18-8-11-21-51(47)58)41-30-35-55-56(36-41)61-54-23-13-12-22-53(54)60-55/h2*3-37H,1-2H3. The number of fused-ring (bicyclic) bond motifs is 16. The molecule has 0 saturated carbocycles. The summed E-state index contributed by atoms with van der Waals surface area (Å²) in [6.07, 6.45) is 0. The molecule has 0 atom stereocenters. The van der Waals surface area contributed by atoms with Gasteiger partial charge in [0, 0.05) is 45.0 Å².